The van der Waals surface area contributed by atoms with Gasteiger partial charge in [-0.1, -0.05) is 23.8 Å². The van der Waals surface area contributed by atoms with Gasteiger partial charge in [-0.25, -0.2) is 0 Å². The zero-order valence-electron chi connectivity index (χ0n) is 10.2. The smallest absolute Gasteiger partial charge is 0.179 e. The number of hydrogen-bond donors (Lipinski definition) is 1. The summed E-state index contributed by atoms with van der Waals surface area (Å²) >= 11 is 6.12. The number of hydrogen-bond acceptors (Lipinski definition) is 3. The highest BCUT2D eigenvalue weighted by Gasteiger charge is 2.10. The van der Waals surface area contributed by atoms with Crippen LogP contribution < -0.4 is 15.2 Å². The molecule has 94 valence electrons. The monoisotopic (exact) mass is 255 g/mol. The van der Waals surface area contributed by atoms with Crippen molar-refractivity contribution in [2.75, 3.05) is 20.3 Å². The van der Waals surface area contributed by atoms with Crippen molar-refractivity contribution in [2.24, 2.45) is 5.73 Å². The quantitative estimate of drug-likeness (QED) is 0.850. The Labute approximate surface area is 107 Å². The van der Waals surface area contributed by atoms with Crippen LogP contribution in [0.1, 0.15) is 18.9 Å². The van der Waals surface area contributed by atoms with Crippen LogP contribution in [0, 0.1) is 0 Å². The highest BCUT2D eigenvalue weighted by molar-refractivity contribution is 6.32. The largest absolute Gasteiger partial charge is 0.491 e. The molecule has 0 heterocycles. The first kappa shape index (κ1) is 13.9. The van der Waals surface area contributed by atoms with Crippen molar-refractivity contribution in [3.8, 4) is 11.5 Å². The predicted octanol–water partition coefficient (Wildman–Crippen LogP) is 3.11. The molecule has 1 aromatic rings. The molecule has 0 saturated heterocycles. The van der Waals surface area contributed by atoms with Crippen molar-refractivity contribution in [3.05, 3.63) is 28.8 Å². The fourth-order valence-corrected chi connectivity index (χ4v) is 1.76. The van der Waals surface area contributed by atoms with Crippen LogP contribution in [0.5, 0.6) is 11.5 Å². The maximum atomic E-state index is 6.12. The summed E-state index contributed by atoms with van der Waals surface area (Å²) in [7, 11) is 1.58. The van der Waals surface area contributed by atoms with Crippen LogP contribution in [0.3, 0.4) is 0 Å². The first-order valence-corrected chi connectivity index (χ1v) is 5.97. The summed E-state index contributed by atoms with van der Waals surface area (Å²) in [4.78, 5) is 0. The first-order chi connectivity index (χ1) is 8.22. The van der Waals surface area contributed by atoms with Gasteiger partial charge in [0.1, 0.15) is 0 Å². The highest BCUT2D eigenvalue weighted by atomic mass is 35.5. The highest BCUT2D eigenvalue weighted by Crippen LogP contribution is 2.36. The minimum atomic E-state index is 0.547. The molecule has 0 bridgehead atoms. The van der Waals surface area contributed by atoms with Crippen molar-refractivity contribution in [1.82, 2.24) is 0 Å². The van der Waals surface area contributed by atoms with E-state index in [1.807, 2.05) is 31.2 Å². The zero-order chi connectivity index (χ0) is 12.7. The minimum Gasteiger partial charge on any atom is -0.491 e. The minimum absolute atomic E-state index is 0.547. The first-order valence-electron chi connectivity index (χ1n) is 5.59. The van der Waals surface area contributed by atoms with E-state index in [9.17, 15) is 0 Å². The lowest BCUT2D eigenvalue weighted by atomic mass is 10.1. The summed E-state index contributed by atoms with van der Waals surface area (Å²) in [6.45, 7) is 3.13. The molecular formula is C13H18ClNO2. The van der Waals surface area contributed by atoms with Crippen molar-refractivity contribution in [3.63, 3.8) is 0 Å². The van der Waals surface area contributed by atoms with Gasteiger partial charge in [0.15, 0.2) is 11.5 Å². The Morgan fingerprint density at radius 3 is 2.76 bits per heavy atom. The number of halogens is 1. The van der Waals surface area contributed by atoms with Crippen LogP contribution in [0.15, 0.2) is 18.2 Å². The molecule has 0 unspecified atom stereocenters. The van der Waals surface area contributed by atoms with Gasteiger partial charge in [0.05, 0.1) is 18.7 Å². The van der Waals surface area contributed by atoms with E-state index in [4.69, 9.17) is 26.8 Å². The van der Waals surface area contributed by atoms with E-state index in [0.29, 0.717) is 29.7 Å². The Hall–Kier alpha value is -1.19. The van der Waals surface area contributed by atoms with Gasteiger partial charge in [0, 0.05) is 0 Å². The molecule has 17 heavy (non-hydrogen) atoms. The van der Waals surface area contributed by atoms with E-state index >= 15 is 0 Å². The second-order valence-corrected chi connectivity index (χ2v) is 3.85. The molecule has 0 aliphatic carbocycles. The van der Waals surface area contributed by atoms with Crippen LogP contribution in [-0.4, -0.2) is 20.3 Å². The summed E-state index contributed by atoms with van der Waals surface area (Å²) in [6, 6.07) is 3.75. The van der Waals surface area contributed by atoms with E-state index in [-0.39, 0.29) is 0 Å². The van der Waals surface area contributed by atoms with Crippen molar-refractivity contribution < 1.29 is 9.47 Å². The van der Waals surface area contributed by atoms with Crippen LogP contribution in [-0.2, 0) is 0 Å². The van der Waals surface area contributed by atoms with Gasteiger partial charge < -0.3 is 15.2 Å². The molecule has 1 rings (SSSR count). The molecule has 0 fully saturated rings. The van der Waals surface area contributed by atoms with Gasteiger partial charge in [-0.15, -0.1) is 0 Å². The molecule has 0 aliphatic heterocycles. The second-order valence-electron chi connectivity index (χ2n) is 3.45. The molecule has 0 radical (unpaired) electrons. The topological polar surface area (TPSA) is 44.5 Å². The third-order valence-corrected chi connectivity index (χ3v) is 2.46. The Balaban J connectivity index is 3.01. The van der Waals surface area contributed by atoms with E-state index in [1.54, 1.807) is 7.11 Å². The molecule has 0 saturated carbocycles. The third-order valence-electron chi connectivity index (χ3n) is 2.18. The summed E-state index contributed by atoms with van der Waals surface area (Å²) in [5.41, 5.74) is 6.40. The van der Waals surface area contributed by atoms with Crippen LogP contribution in [0.4, 0.5) is 0 Å². The summed E-state index contributed by atoms with van der Waals surface area (Å²) in [5, 5.41) is 0.547. The lowest BCUT2D eigenvalue weighted by Gasteiger charge is -2.11. The van der Waals surface area contributed by atoms with E-state index in [0.717, 1.165) is 12.0 Å². The number of benzene rings is 1. The second kappa shape index (κ2) is 7.20. The molecule has 0 aromatic heterocycles. The summed E-state index contributed by atoms with van der Waals surface area (Å²) < 4.78 is 10.7. The van der Waals surface area contributed by atoms with Gasteiger partial charge in [-0.05, 0) is 37.6 Å². The SMILES string of the molecule is CCOc1cc(C=CCCN)cc(Cl)c1OC. The molecular weight excluding hydrogens is 238 g/mol. The van der Waals surface area contributed by atoms with E-state index in [2.05, 4.69) is 0 Å². The Morgan fingerprint density at radius 2 is 2.18 bits per heavy atom. The molecule has 0 atom stereocenters. The lowest BCUT2D eigenvalue weighted by molar-refractivity contribution is 0.311. The van der Waals surface area contributed by atoms with Crippen LogP contribution >= 0.6 is 11.6 Å². The Kier molecular flexibility index (Phi) is 5.87. The van der Waals surface area contributed by atoms with Gasteiger partial charge in [-0.3, -0.25) is 0 Å². The Morgan fingerprint density at radius 1 is 1.41 bits per heavy atom. The molecule has 2 N–H and O–H groups in total. The van der Waals surface area contributed by atoms with Gasteiger partial charge >= 0.3 is 0 Å². The van der Waals surface area contributed by atoms with Crippen LogP contribution in [0.2, 0.25) is 5.02 Å². The normalized spacial score (nSPS) is 10.8. The number of ether oxygens (including phenoxy) is 2. The molecule has 0 spiro atoms. The van der Waals surface area contributed by atoms with Gasteiger partial charge in [0.2, 0.25) is 0 Å². The molecule has 3 nitrogen and oxygen atoms in total. The fraction of sp³-hybridized carbons (Fsp3) is 0.385. The molecule has 4 heteroatoms. The molecule has 0 aliphatic rings. The molecule has 0 amide bonds. The fourth-order valence-electron chi connectivity index (χ4n) is 1.46. The van der Waals surface area contributed by atoms with Gasteiger partial charge in [0.25, 0.3) is 0 Å². The maximum absolute atomic E-state index is 6.12. The average molecular weight is 256 g/mol. The number of methoxy groups -OCH3 is 1. The lowest BCUT2D eigenvalue weighted by Crippen LogP contribution is -1.97. The number of rotatable bonds is 6. The Bertz CT molecular complexity index is 391. The van der Waals surface area contributed by atoms with Crippen LogP contribution in [0.25, 0.3) is 6.08 Å². The van der Waals surface area contributed by atoms with E-state index < -0.39 is 0 Å². The van der Waals surface area contributed by atoms with Crippen molar-refractivity contribution in [2.45, 2.75) is 13.3 Å². The maximum Gasteiger partial charge on any atom is 0.179 e. The number of nitrogens with two attached hydrogens (primary N) is 1. The summed E-state index contributed by atoms with van der Waals surface area (Å²) in [5.74, 6) is 1.24. The van der Waals surface area contributed by atoms with E-state index in [1.165, 1.54) is 0 Å². The zero-order valence-corrected chi connectivity index (χ0v) is 11.0. The van der Waals surface area contributed by atoms with Crippen molar-refractivity contribution >= 4 is 17.7 Å². The third kappa shape index (κ3) is 3.95. The predicted molar refractivity (Wildman–Crippen MR) is 71.9 cm³/mol. The van der Waals surface area contributed by atoms with Gasteiger partial charge in [-0.2, -0.15) is 0 Å². The summed E-state index contributed by atoms with van der Waals surface area (Å²) in [6.07, 6.45) is 4.82. The average Bonchev–Trinajstić information content (AvgIpc) is 2.30. The van der Waals surface area contributed by atoms with Crippen molar-refractivity contribution in [1.29, 1.82) is 0 Å². The molecule has 1 aromatic carbocycles. The standard InChI is InChI=1S/C13H18ClNO2/c1-3-17-12-9-10(6-4-5-7-15)8-11(14)13(12)16-2/h4,6,8-9H,3,5,7,15H2,1-2H3.